The molecule has 154 valence electrons. The van der Waals surface area contributed by atoms with Gasteiger partial charge in [0.2, 0.25) is 0 Å². The lowest BCUT2D eigenvalue weighted by molar-refractivity contribution is 0.242. The smallest absolute Gasteiger partial charge is 0.119 e. The summed E-state index contributed by atoms with van der Waals surface area (Å²) < 4.78 is 7.83. The molecule has 3 nitrogen and oxygen atoms in total. The van der Waals surface area contributed by atoms with Crippen LogP contribution in [-0.2, 0) is 0 Å². The second-order valence-electron chi connectivity index (χ2n) is 7.27. The summed E-state index contributed by atoms with van der Waals surface area (Å²) in [6.07, 6.45) is 6.30. The highest BCUT2D eigenvalue weighted by Gasteiger charge is 2.06. The molecule has 4 rings (SSSR count). The lowest BCUT2D eigenvalue weighted by Crippen LogP contribution is -2.05. The Kier molecular flexibility index (Phi) is 7.08. The number of fused-ring (bicyclic) bond motifs is 1. The Bertz CT molecular complexity index is 1100. The van der Waals surface area contributed by atoms with Gasteiger partial charge in [0, 0.05) is 5.69 Å². The fraction of sp³-hybridized carbons (Fsp3) is 0.222. The number of rotatable bonds is 5. The molecule has 1 aromatic heterocycles. The molecule has 0 fully saturated rings. The molecule has 30 heavy (non-hydrogen) atoms. The van der Waals surface area contributed by atoms with Gasteiger partial charge in [-0.15, -0.1) is 0 Å². The molecule has 0 spiro atoms. The molecule has 0 aliphatic carbocycles. The summed E-state index contributed by atoms with van der Waals surface area (Å²) in [5.74, 6) is 0.881. The van der Waals surface area contributed by atoms with Gasteiger partial charge in [0.1, 0.15) is 12.1 Å². The molecule has 0 N–H and O–H groups in total. The van der Waals surface area contributed by atoms with E-state index in [0.717, 1.165) is 28.0 Å². The molecule has 4 aromatic rings. The number of hydrogen-bond acceptors (Lipinski definition) is 2. The summed E-state index contributed by atoms with van der Waals surface area (Å²) in [4.78, 5) is 4.59. The van der Waals surface area contributed by atoms with Gasteiger partial charge in [-0.1, -0.05) is 61.9 Å². The maximum Gasteiger partial charge on any atom is 0.119 e. The fourth-order valence-corrected chi connectivity index (χ4v) is 3.17. The third-order valence-electron chi connectivity index (χ3n) is 4.60. The Morgan fingerprint density at radius 3 is 2.13 bits per heavy atom. The molecule has 0 amide bonds. The Balaban J connectivity index is 0.00000124. The van der Waals surface area contributed by atoms with Crippen LogP contribution in [0.15, 0.2) is 73.1 Å². The number of hydrogen-bond donors (Lipinski definition) is 0. The van der Waals surface area contributed by atoms with E-state index in [1.54, 1.807) is 0 Å². The minimum atomic E-state index is 0.173. The topological polar surface area (TPSA) is 27.1 Å². The molecule has 0 saturated heterocycles. The second-order valence-corrected chi connectivity index (χ2v) is 7.27. The van der Waals surface area contributed by atoms with Crippen LogP contribution in [0.1, 0.15) is 44.4 Å². The third-order valence-corrected chi connectivity index (χ3v) is 4.60. The molecule has 0 bridgehead atoms. The van der Waals surface area contributed by atoms with Crippen LogP contribution in [0.2, 0.25) is 0 Å². The largest absolute Gasteiger partial charge is 0.491 e. The molecule has 3 heteroatoms. The first-order chi connectivity index (χ1) is 14.6. The lowest BCUT2D eigenvalue weighted by atomic mass is 10.1. The van der Waals surface area contributed by atoms with Crippen LogP contribution >= 0.6 is 0 Å². The van der Waals surface area contributed by atoms with E-state index < -0.39 is 0 Å². The zero-order valence-electron chi connectivity index (χ0n) is 18.5. The van der Waals surface area contributed by atoms with Crippen molar-refractivity contribution in [1.82, 2.24) is 9.55 Å². The van der Waals surface area contributed by atoms with Gasteiger partial charge in [0.15, 0.2) is 0 Å². The normalized spacial score (nSPS) is 11.0. The van der Waals surface area contributed by atoms with Crippen LogP contribution in [0.5, 0.6) is 5.75 Å². The van der Waals surface area contributed by atoms with Crippen molar-refractivity contribution in [1.29, 1.82) is 0 Å². The van der Waals surface area contributed by atoms with Crippen molar-refractivity contribution in [2.75, 3.05) is 0 Å². The number of imidazole rings is 1. The van der Waals surface area contributed by atoms with E-state index in [4.69, 9.17) is 4.74 Å². The SMILES string of the molecule is CC.Cc1ccc(/C=C\c2ccc3c(c2)ncn3-c2ccc(OC(C)C)cc2)cc1. The molecular weight excluding hydrogens is 368 g/mol. The van der Waals surface area contributed by atoms with E-state index in [1.807, 2.05) is 46.2 Å². The van der Waals surface area contributed by atoms with Crippen molar-refractivity contribution in [2.24, 2.45) is 0 Å². The molecular formula is C27H30N2O. The highest BCUT2D eigenvalue weighted by Crippen LogP contribution is 2.23. The van der Waals surface area contributed by atoms with Gasteiger partial charge in [-0.3, -0.25) is 4.57 Å². The van der Waals surface area contributed by atoms with Gasteiger partial charge in [0.05, 0.1) is 17.1 Å². The summed E-state index contributed by atoms with van der Waals surface area (Å²) in [6, 6.07) is 23.0. The molecule has 0 aliphatic heterocycles. The van der Waals surface area contributed by atoms with Crippen LogP contribution in [-0.4, -0.2) is 15.7 Å². The van der Waals surface area contributed by atoms with E-state index in [2.05, 4.69) is 83.2 Å². The minimum Gasteiger partial charge on any atom is -0.491 e. The highest BCUT2D eigenvalue weighted by atomic mass is 16.5. The standard InChI is InChI=1S/C25H24N2O.C2H6/c1-18(2)28-23-13-11-22(12-14-23)27-17-26-24-16-21(10-15-25(24)27)9-8-20-6-4-19(3)5-7-20;1-2/h4-18H,1-3H3;1-2H3/b9-8-;. The van der Waals surface area contributed by atoms with Crippen molar-refractivity contribution in [3.8, 4) is 11.4 Å². The Hall–Kier alpha value is -3.33. The average Bonchev–Trinajstić information content (AvgIpc) is 3.18. The van der Waals surface area contributed by atoms with Gasteiger partial charge in [-0.25, -0.2) is 4.98 Å². The van der Waals surface area contributed by atoms with Gasteiger partial charge >= 0.3 is 0 Å². The van der Waals surface area contributed by atoms with E-state index >= 15 is 0 Å². The monoisotopic (exact) mass is 398 g/mol. The minimum absolute atomic E-state index is 0.173. The summed E-state index contributed by atoms with van der Waals surface area (Å²) in [5, 5.41) is 0. The second kappa shape index (κ2) is 9.93. The van der Waals surface area contributed by atoms with Gasteiger partial charge in [0.25, 0.3) is 0 Å². The van der Waals surface area contributed by atoms with Crippen LogP contribution in [0.25, 0.3) is 28.9 Å². The van der Waals surface area contributed by atoms with E-state index in [0.29, 0.717) is 0 Å². The van der Waals surface area contributed by atoms with Crippen molar-refractivity contribution < 1.29 is 4.74 Å². The van der Waals surface area contributed by atoms with Crippen LogP contribution in [0.4, 0.5) is 0 Å². The first kappa shape index (κ1) is 21.4. The quantitative estimate of drug-likeness (QED) is 0.329. The fourth-order valence-electron chi connectivity index (χ4n) is 3.17. The zero-order valence-corrected chi connectivity index (χ0v) is 18.5. The van der Waals surface area contributed by atoms with E-state index in [9.17, 15) is 0 Å². The number of aryl methyl sites for hydroxylation is 1. The first-order valence-electron chi connectivity index (χ1n) is 10.6. The third kappa shape index (κ3) is 5.18. The van der Waals surface area contributed by atoms with Crippen molar-refractivity contribution >= 4 is 23.2 Å². The summed E-state index contributed by atoms with van der Waals surface area (Å²) in [5.41, 5.74) is 6.74. The highest BCUT2D eigenvalue weighted by molar-refractivity contribution is 5.82. The van der Waals surface area contributed by atoms with E-state index in [-0.39, 0.29) is 6.10 Å². The molecule has 0 unspecified atom stereocenters. The summed E-state index contributed by atoms with van der Waals surface area (Å²) in [7, 11) is 0. The number of nitrogens with zero attached hydrogens (tertiary/aromatic N) is 2. The Labute approximate surface area is 179 Å². The van der Waals surface area contributed by atoms with Crippen molar-refractivity contribution in [3.63, 3.8) is 0 Å². The predicted molar refractivity (Wildman–Crippen MR) is 128 cm³/mol. The average molecular weight is 399 g/mol. The number of ether oxygens (including phenoxy) is 1. The van der Waals surface area contributed by atoms with Crippen molar-refractivity contribution in [2.45, 2.75) is 40.7 Å². The van der Waals surface area contributed by atoms with Crippen LogP contribution in [0, 0.1) is 6.92 Å². The molecule has 3 aromatic carbocycles. The lowest BCUT2D eigenvalue weighted by Gasteiger charge is -2.10. The van der Waals surface area contributed by atoms with Crippen LogP contribution in [0.3, 0.4) is 0 Å². The van der Waals surface area contributed by atoms with Gasteiger partial charge in [-0.05, 0) is 68.3 Å². The molecule has 0 aliphatic rings. The Morgan fingerprint density at radius 1 is 0.833 bits per heavy atom. The van der Waals surface area contributed by atoms with Crippen LogP contribution < -0.4 is 4.74 Å². The molecule has 1 heterocycles. The zero-order chi connectivity index (χ0) is 21.5. The summed E-state index contributed by atoms with van der Waals surface area (Å²) >= 11 is 0. The molecule has 0 radical (unpaired) electrons. The molecule has 0 saturated carbocycles. The molecule has 0 atom stereocenters. The maximum atomic E-state index is 5.73. The van der Waals surface area contributed by atoms with E-state index in [1.165, 1.54) is 11.1 Å². The van der Waals surface area contributed by atoms with Gasteiger partial charge < -0.3 is 4.74 Å². The Morgan fingerprint density at radius 2 is 1.47 bits per heavy atom. The van der Waals surface area contributed by atoms with Gasteiger partial charge in [-0.2, -0.15) is 0 Å². The van der Waals surface area contributed by atoms with Crippen molar-refractivity contribution in [3.05, 3.63) is 89.7 Å². The summed E-state index contributed by atoms with van der Waals surface area (Å²) in [6.45, 7) is 10.2. The predicted octanol–water partition coefficient (Wildman–Crippen LogP) is 7.32. The maximum absolute atomic E-state index is 5.73. The first-order valence-corrected chi connectivity index (χ1v) is 10.6. The number of benzene rings is 3. The number of aromatic nitrogens is 2.